The first-order chi connectivity index (χ1) is 10.3. The Morgan fingerprint density at radius 3 is 2.43 bits per heavy atom. The van der Waals surface area contributed by atoms with Crippen molar-refractivity contribution in [3.8, 4) is 5.75 Å². The zero-order chi connectivity index (χ0) is 15.5. The second-order valence-electron chi connectivity index (χ2n) is 4.50. The topological polar surface area (TPSA) is 34.1 Å². The van der Waals surface area contributed by atoms with Crippen molar-refractivity contribution in [3.63, 3.8) is 0 Å². The van der Waals surface area contributed by atoms with Crippen molar-refractivity contribution < 1.29 is 4.74 Å². The summed E-state index contributed by atoms with van der Waals surface area (Å²) in [5, 5.41) is 3.17. The fourth-order valence-corrected chi connectivity index (χ4v) is 1.98. The van der Waals surface area contributed by atoms with Gasteiger partial charge in [-0.3, -0.25) is 4.98 Å². The molecule has 0 radical (unpaired) electrons. The molecule has 3 nitrogen and oxygen atoms in total. The van der Waals surface area contributed by atoms with Gasteiger partial charge in [0, 0.05) is 12.6 Å². The lowest BCUT2D eigenvalue weighted by Gasteiger charge is -2.20. The molecular formula is C18H26N2O. The zero-order valence-electron chi connectivity index (χ0n) is 13.5. The van der Waals surface area contributed by atoms with Gasteiger partial charge in [0.15, 0.2) is 0 Å². The summed E-state index contributed by atoms with van der Waals surface area (Å²) in [6.45, 7) is 6.88. The predicted octanol–water partition coefficient (Wildman–Crippen LogP) is 4.15. The molecule has 0 aliphatic heterocycles. The smallest absolute Gasteiger partial charge is 0.141 e. The Bertz CT molecular complexity index is 500. The van der Waals surface area contributed by atoms with Gasteiger partial charge in [-0.25, -0.2) is 0 Å². The van der Waals surface area contributed by atoms with E-state index >= 15 is 0 Å². The first kappa shape index (κ1) is 17.2. The standard InChI is InChI=1S/C16H20N2O.C2H6/c1-13-15(9-6-11-18-13)19-16(10-12-17-2)14-7-4-3-5-8-14;1-2/h3-9,11,16-17H,10,12H2,1-2H3;1-2H3. The molecule has 0 amide bonds. The monoisotopic (exact) mass is 286 g/mol. The summed E-state index contributed by atoms with van der Waals surface area (Å²) in [5.74, 6) is 0.854. The Balaban J connectivity index is 0.00000106. The fourth-order valence-electron chi connectivity index (χ4n) is 1.98. The van der Waals surface area contributed by atoms with Crippen LogP contribution < -0.4 is 10.1 Å². The molecule has 0 fully saturated rings. The van der Waals surface area contributed by atoms with E-state index in [1.807, 2.05) is 58.2 Å². The van der Waals surface area contributed by atoms with Crippen molar-refractivity contribution >= 4 is 0 Å². The van der Waals surface area contributed by atoms with Gasteiger partial charge in [0.1, 0.15) is 11.9 Å². The molecule has 1 atom stereocenters. The normalized spacial score (nSPS) is 11.2. The molecule has 21 heavy (non-hydrogen) atoms. The fraction of sp³-hybridized carbons (Fsp3) is 0.389. The molecule has 0 aliphatic rings. The second-order valence-corrected chi connectivity index (χ2v) is 4.50. The van der Waals surface area contributed by atoms with Crippen LogP contribution in [0.3, 0.4) is 0 Å². The Kier molecular flexibility index (Phi) is 8.14. The Morgan fingerprint density at radius 2 is 1.81 bits per heavy atom. The Labute approximate surface area is 128 Å². The lowest BCUT2D eigenvalue weighted by Crippen LogP contribution is -2.16. The van der Waals surface area contributed by atoms with Gasteiger partial charge in [-0.15, -0.1) is 0 Å². The van der Waals surface area contributed by atoms with Gasteiger partial charge < -0.3 is 10.1 Å². The first-order valence-corrected chi connectivity index (χ1v) is 7.59. The van der Waals surface area contributed by atoms with Gasteiger partial charge in [-0.2, -0.15) is 0 Å². The first-order valence-electron chi connectivity index (χ1n) is 7.59. The lowest BCUT2D eigenvalue weighted by molar-refractivity contribution is 0.193. The van der Waals surface area contributed by atoms with Crippen LogP contribution in [0.25, 0.3) is 0 Å². The highest BCUT2D eigenvalue weighted by molar-refractivity contribution is 5.27. The number of aromatic nitrogens is 1. The van der Waals surface area contributed by atoms with Crippen molar-refractivity contribution in [1.82, 2.24) is 10.3 Å². The summed E-state index contributed by atoms with van der Waals surface area (Å²) in [4.78, 5) is 4.27. The maximum absolute atomic E-state index is 6.13. The van der Waals surface area contributed by atoms with Crippen LogP contribution in [0.2, 0.25) is 0 Å². The third-order valence-corrected chi connectivity index (χ3v) is 3.06. The van der Waals surface area contributed by atoms with E-state index in [1.54, 1.807) is 6.20 Å². The van der Waals surface area contributed by atoms with Crippen LogP contribution in [-0.4, -0.2) is 18.6 Å². The Morgan fingerprint density at radius 1 is 1.10 bits per heavy atom. The molecule has 2 rings (SSSR count). The lowest BCUT2D eigenvalue weighted by atomic mass is 10.1. The van der Waals surface area contributed by atoms with Gasteiger partial charge in [0.2, 0.25) is 0 Å². The van der Waals surface area contributed by atoms with Gasteiger partial charge >= 0.3 is 0 Å². The van der Waals surface area contributed by atoms with E-state index in [-0.39, 0.29) is 6.10 Å². The van der Waals surface area contributed by atoms with Gasteiger partial charge in [-0.1, -0.05) is 44.2 Å². The van der Waals surface area contributed by atoms with Crippen molar-refractivity contribution in [3.05, 3.63) is 59.9 Å². The predicted molar refractivity (Wildman–Crippen MR) is 88.7 cm³/mol. The minimum Gasteiger partial charge on any atom is -0.484 e. The van der Waals surface area contributed by atoms with Crippen LogP contribution in [0.15, 0.2) is 48.7 Å². The number of rotatable bonds is 6. The molecule has 1 aromatic carbocycles. The van der Waals surface area contributed by atoms with Crippen LogP contribution in [0.1, 0.15) is 37.6 Å². The summed E-state index contributed by atoms with van der Waals surface area (Å²) < 4.78 is 6.13. The summed E-state index contributed by atoms with van der Waals surface area (Å²) in [7, 11) is 1.96. The molecule has 1 aromatic heterocycles. The third-order valence-electron chi connectivity index (χ3n) is 3.06. The average Bonchev–Trinajstić information content (AvgIpc) is 2.56. The number of pyridine rings is 1. The molecular weight excluding hydrogens is 260 g/mol. The van der Waals surface area contributed by atoms with E-state index in [2.05, 4.69) is 22.4 Å². The number of hydrogen-bond acceptors (Lipinski definition) is 3. The average molecular weight is 286 g/mol. The summed E-state index contributed by atoms with van der Waals surface area (Å²) in [5.41, 5.74) is 2.12. The van der Waals surface area contributed by atoms with Crippen LogP contribution in [0, 0.1) is 6.92 Å². The molecule has 114 valence electrons. The van der Waals surface area contributed by atoms with Crippen LogP contribution in [0.5, 0.6) is 5.75 Å². The van der Waals surface area contributed by atoms with Gasteiger partial charge in [-0.05, 0) is 38.2 Å². The third kappa shape index (κ3) is 5.56. The molecule has 1 N–H and O–H groups in total. The Hall–Kier alpha value is -1.87. The second kappa shape index (κ2) is 9.94. The van der Waals surface area contributed by atoms with Crippen molar-refractivity contribution in [2.24, 2.45) is 0 Å². The number of benzene rings is 1. The van der Waals surface area contributed by atoms with Gasteiger partial charge in [0.05, 0.1) is 5.69 Å². The number of nitrogens with one attached hydrogen (secondary N) is 1. The van der Waals surface area contributed by atoms with E-state index in [9.17, 15) is 0 Å². The maximum atomic E-state index is 6.13. The van der Waals surface area contributed by atoms with Crippen LogP contribution in [0.4, 0.5) is 0 Å². The minimum atomic E-state index is 0.0524. The number of aryl methyl sites for hydroxylation is 1. The van der Waals surface area contributed by atoms with Crippen LogP contribution in [-0.2, 0) is 0 Å². The molecule has 0 bridgehead atoms. The van der Waals surface area contributed by atoms with E-state index in [0.717, 1.165) is 24.4 Å². The molecule has 3 heteroatoms. The molecule has 0 spiro atoms. The molecule has 0 saturated heterocycles. The highest BCUT2D eigenvalue weighted by Crippen LogP contribution is 2.25. The number of hydrogen-bond donors (Lipinski definition) is 1. The highest BCUT2D eigenvalue weighted by atomic mass is 16.5. The molecule has 2 aromatic rings. The summed E-state index contributed by atoms with van der Waals surface area (Å²) in [6, 6.07) is 14.2. The molecule has 1 unspecified atom stereocenters. The van der Waals surface area contributed by atoms with Crippen molar-refractivity contribution in [2.45, 2.75) is 33.3 Å². The molecule has 0 saturated carbocycles. The van der Waals surface area contributed by atoms with Crippen LogP contribution >= 0.6 is 0 Å². The van der Waals surface area contributed by atoms with E-state index in [1.165, 1.54) is 5.56 Å². The van der Waals surface area contributed by atoms with E-state index in [4.69, 9.17) is 4.74 Å². The highest BCUT2D eigenvalue weighted by Gasteiger charge is 2.13. The van der Waals surface area contributed by atoms with Crippen molar-refractivity contribution in [1.29, 1.82) is 0 Å². The van der Waals surface area contributed by atoms with E-state index in [0.29, 0.717) is 0 Å². The SMILES string of the molecule is CC.CNCCC(Oc1cccnc1C)c1ccccc1. The van der Waals surface area contributed by atoms with E-state index < -0.39 is 0 Å². The largest absolute Gasteiger partial charge is 0.484 e. The van der Waals surface area contributed by atoms with Crippen molar-refractivity contribution in [2.75, 3.05) is 13.6 Å². The number of ether oxygens (including phenoxy) is 1. The number of nitrogens with zero attached hydrogens (tertiary/aromatic N) is 1. The molecule has 1 heterocycles. The molecule has 0 aliphatic carbocycles. The minimum absolute atomic E-state index is 0.0524. The quantitative estimate of drug-likeness (QED) is 0.866. The van der Waals surface area contributed by atoms with Gasteiger partial charge in [0.25, 0.3) is 0 Å². The summed E-state index contributed by atoms with van der Waals surface area (Å²) >= 11 is 0. The summed E-state index contributed by atoms with van der Waals surface area (Å²) in [6.07, 6.45) is 2.76. The zero-order valence-corrected chi connectivity index (χ0v) is 13.5. The maximum Gasteiger partial charge on any atom is 0.141 e.